The number of hydrogen-bond donors (Lipinski definition) is 5. The van der Waals surface area contributed by atoms with Gasteiger partial charge in [0.15, 0.2) is 0 Å². The molecule has 0 bridgehead atoms. The number of nitrogens with one attached hydrogen (secondary N) is 3. The molecule has 1 saturated heterocycles. The maximum Gasteiger partial charge on any atom is 0.272 e. The molecule has 0 saturated carbocycles. The average Bonchev–Trinajstić information content (AvgIpc) is 3.27. The van der Waals surface area contributed by atoms with E-state index in [1.54, 1.807) is 18.5 Å². The molecule has 2 aromatic carbocycles. The van der Waals surface area contributed by atoms with Crippen molar-refractivity contribution >= 4 is 39.9 Å². The summed E-state index contributed by atoms with van der Waals surface area (Å²) < 4.78 is 0. The summed E-state index contributed by atoms with van der Waals surface area (Å²) >= 11 is 0. The second-order valence-corrected chi connectivity index (χ2v) is 7.82. The third-order valence-electron chi connectivity index (χ3n) is 5.55. The lowest BCUT2D eigenvalue weighted by Crippen LogP contribution is -2.29. The molecule has 32 heavy (non-hydrogen) atoms. The molecule has 2 heterocycles. The lowest BCUT2D eigenvalue weighted by atomic mass is 10.1. The molecule has 3 aromatic rings. The van der Waals surface area contributed by atoms with E-state index < -0.39 is 0 Å². The highest BCUT2D eigenvalue weighted by Gasteiger charge is 2.13. The number of benzene rings is 2. The van der Waals surface area contributed by atoms with Crippen LogP contribution in [0.5, 0.6) is 0 Å². The largest absolute Gasteiger partial charge is 0.372 e. The summed E-state index contributed by atoms with van der Waals surface area (Å²) in [6.07, 6.45) is 3.76. The molecule has 9 nitrogen and oxygen atoms in total. The highest BCUT2D eigenvalue weighted by atomic mass is 16.5. The summed E-state index contributed by atoms with van der Waals surface area (Å²) in [6, 6.07) is 15.5. The number of piperidine rings is 1. The van der Waals surface area contributed by atoms with Crippen molar-refractivity contribution in [3.05, 3.63) is 59.8 Å². The van der Waals surface area contributed by atoms with Gasteiger partial charge in [-0.25, -0.2) is 5.48 Å². The molecule has 0 aliphatic carbocycles. The minimum atomic E-state index is -0.203. The van der Waals surface area contributed by atoms with Gasteiger partial charge in [0.25, 0.3) is 5.91 Å². The van der Waals surface area contributed by atoms with Crippen LogP contribution < -0.4 is 21.4 Å². The lowest BCUT2D eigenvalue weighted by Gasteiger charge is -2.28. The van der Waals surface area contributed by atoms with Gasteiger partial charge in [-0.2, -0.15) is 5.10 Å². The van der Waals surface area contributed by atoms with Crippen LogP contribution >= 0.6 is 0 Å². The number of aromatic nitrogens is 1. The van der Waals surface area contributed by atoms with E-state index in [0.717, 1.165) is 35.2 Å². The number of carbonyl (C=O) groups is 1. The zero-order chi connectivity index (χ0) is 22.5. The van der Waals surface area contributed by atoms with Crippen LogP contribution in [0.1, 0.15) is 42.2 Å². The summed E-state index contributed by atoms with van der Waals surface area (Å²) in [6.45, 7) is 3.96. The van der Waals surface area contributed by atoms with Crippen molar-refractivity contribution in [2.24, 2.45) is 15.9 Å². The van der Waals surface area contributed by atoms with Gasteiger partial charge in [0.1, 0.15) is 5.69 Å². The Morgan fingerprint density at radius 1 is 1.06 bits per heavy atom. The normalized spacial score (nSPS) is 15.1. The van der Waals surface area contributed by atoms with E-state index in [-0.39, 0.29) is 11.9 Å². The van der Waals surface area contributed by atoms with Crippen molar-refractivity contribution < 1.29 is 10.0 Å². The summed E-state index contributed by atoms with van der Waals surface area (Å²) in [7, 11) is 0. The Morgan fingerprint density at radius 3 is 2.53 bits per heavy atom. The number of aromatic amines is 1. The fourth-order valence-electron chi connectivity index (χ4n) is 3.80. The van der Waals surface area contributed by atoms with Gasteiger partial charge in [-0.05, 0) is 74.2 Å². The van der Waals surface area contributed by atoms with Crippen LogP contribution in [0.3, 0.4) is 0 Å². The number of anilines is 2. The first-order valence-corrected chi connectivity index (χ1v) is 10.6. The van der Waals surface area contributed by atoms with Crippen molar-refractivity contribution in [3.8, 4) is 0 Å². The SMILES string of the molecule is C/C(=N\N=C(N)NO)c1ccc2[nH]c(C(=O)Nc3ccc(N4CCCCC4)cc3)cc2c1. The molecular formula is C23H27N7O2. The molecule has 166 valence electrons. The maximum absolute atomic E-state index is 12.8. The Hall–Kier alpha value is -3.85. The molecule has 6 N–H and O–H groups in total. The number of fused-ring (bicyclic) bond motifs is 1. The Bertz CT molecular complexity index is 1160. The van der Waals surface area contributed by atoms with E-state index in [9.17, 15) is 4.79 Å². The number of rotatable bonds is 5. The number of hydroxylamine groups is 1. The molecule has 1 fully saturated rings. The van der Waals surface area contributed by atoms with E-state index in [0.29, 0.717) is 11.4 Å². The first-order valence-electron chi connectivity index (χ1n) is 10.6. The van der Waals surface area contributed by atoms with Crippen molar-refractivity contribution in [1.29, 1.82) is 0 Å². The molecule has 1 amide bonds. The number of amides is 1. The van der Waals surface area contributed by atoms with Crippen LogP contribution in [0, 0.1) is 0 Å². The number of H-pyrrole nitrogens is 1. The second kappa shape index (κ2) is 9.52. The third-order valence-corrected chi connectivity index (χ3v) is 5.55. The zero-order valence-corrected chi connectivity index (χ0v) is 17.9. The van der Waals surface area contributed by atoms with Gasteiger partial charge in [0, 0.05) is 35.4 Å². The van der Waals surface area contributed by atoms with Gasteiger partial charge in [-0.3, -0.25) is 10.0 Å². The maximum atomic E-state index is 12.8. The summed E-state index contributed by atoms with van der Waals surface area (Å²) in [4.78, 5) is 18.3. The predicted molar refractivity (Wildman–Crippen MR) is 128 cm³/mol. The molecule has 0 atom stereocenters. The summed E-state index contributed by atoms with van der Waals surface area (Å²) in [5.41, 5.74) is 11.8. The molecule has 9 heteroatoms. The lowest BCUT2D eigenvalue weighted by molar-refractivity contribution is 0.102. The van der Waals surface area contributed by atoms with Gasteiger partial charge >= 0.3 is 0 Å². The molecule has 1 aromatic heterocycles. The van der Waals surface area contributed by atoms with Gasteiger partial charge in [0.05, 0.1) is 5.71 Å². The quantitative estimate of drug-likeness (QED) is 0.239. The highest BCUT2D eigenvalue weighted by Crippen LogP contribution is 2.23. The van der Waals surface area contributed by atoms with Crippen molar-refractivity contribution in [2.45, 2.75) is 26.2 Å². The number of hydrogen-bond acceptors (Lipinski definition) is 5. The Kier molecular flexibility index (Phi) is 6.37. The molecular weight excluding hydrogens is 406 g/mol. The van der Waals surface area contributed by atoms with Crippen molar-refractivity contribution in [3.63, 3.8) is 0 Å². The van der Waals surface area contributed by atoms with Crippen molar-refractivity contribution in [1.82, 2.24) is 10.5 Å². The fraction of sp³-hybridized carbons (Fsp3) is 0.261. The van der Waals surface area contributed by atoms with E-state index in [1.165, 1.54) is 24.9 Å². The smallest absolute Gasteiger partial charge is 0.272 e. The standard InChI is InChI=1S/C23H27N7O2/c1-15(27-28-23(24)29-32)16-5-10-20-17(13-16)14-21(26-20)22(31)25-18-6-8-19(9-7-18)30-11-3-2-4-12-30/h5-10,13-14,26,32H,2-4,11-12H2,1H3,(H,25,31)(H3,24,28,29)/b27-15+. The molecule has 0 unspecified atom stereocenters. The van der Waals surface area contributed by atoms with Crippen LogP contribution in [0.4, 0.5) is 11.4 Å². The van der Waals surface area contributed by atoms with Crippen LogP contribution in [0.25, 0.3) is 10.9 Å². The van der Waals surface area contributed by atoms with Gasteiger partial charge in [0.2, 0.25) is 5.96 Å². The Balaban J connectivity index is 1.46. The van der Waals surface area contributed by atoms with Gasteiger partial charge in [-0.15, -0.1) is 5.10 Å². The van der Waals surface area contributed by atoms with Crippen LogP contribution in [-0.2, 0) is 0 Å². The van der Waals surface area contributed by atoms with Crippen LogP contribution in [0.2, 0.25) is 0 Å². The van der Waals surface area contributed by atoms with E-state index in [4.69, 9.17) is 10.9 Å². The summed E-state index contributed by atoms with van der Waals surface area (Å²) in [5, 5.41) is 20.1. The molecule has 1 aliphatic heterocycles. The Morgan fingerprint density at radius 2 is 1.81 bits per heavy atom. The molecule has 4 rings (SSSR count). The number of nitrogens with zero attached hydrogens (tertiary/aromatic N) is 3. The number of carbonyl (C=O) groups excluding carboxylic acids is 1. The molecule has 1 aliphatic rings. The van der Waals surface area contributed by atoms with Crippen molar-refractivity contribution in [2.75, 3.05) is 23.3 Å². The average molecular weight is 434 g/mol. The first-order chi connectivity index (χ1) is 15.5. The minimum Gasteiger partial charge on any atom is -0.372 e. The zero-order valence-electron chi connectivity index (χ0n) is 17.9. The topological polar surface area (TPSA) is 131 Å². The number of guanidine groups is 1. The minimum absolute atomic E-state index is 0.199. The molecule has 0 spiro atoms. The second-order valence-electron chi connectivity index (χ2n) is 7.82. The van der Waals surface area contributed by atoms with E-state index in [2.05, 4.69) is 37.5 Å². The van der Waals surface area contributed by atoms with E-state index in [1.807, 2.05) is 30.3 Å². The van der Waals surface area contributed by atoms with Crippen LogP contribution in [0.15, 0.2) is 58.7 Å². The van der Waals surface area contributed by atoms with Crippen LogP contribution in [-0.4, -0.2) is 40.9 Å². The van der Waals surface area contributed by atoms with E-state index >= 15 is 0 Å². The monoisotopic (exact) mass is 433 g/mol. The third kappa shape index (κ3) is 4.89. The molecule has 0 radical (unpaired) electrons. The fourth-order valence-corrected chi connectivity index (χ4v) is 3.80. The highest BCUT2D eigenvalue weighted by molar-refractivity contribution is 6.07. The van der Waals surface area contributed by atoms with Gasteiger partial charge < -0.3 is 20.9 Å². The predicted octanol–water partition coefficient (Wildman–Crippen LogP) is 3.43. The first kappa shape index (κ1) is 21.4. The summed E-state index contributed by atoms with van der Waals surface area (Å²) in [5.74, 6) is -0.403. The number of nitrogens with two attached hydrogens (primary N) is 1. The Labute approximate surface area is 186 Å². The van der Waals surface area contributed by atoms with Gasteiger partial charge in [-0.1, -0.05) is 6.07 Å².